The normalized spacial score (nSPS) is 17.8. The zero-order valence-electron chi connectivity index (χ0n) is 14.6. The molecule has 1 aliphatic heterocycles. The predicted octanol–water partition coefficient (Wildman–Crippen LogP) is -0.772. The van der Waals surface area contributed by atoms with Crippen LogP contribution in [0.25, 0.3) is 0 Å². The number of aliphatic imine (C=N–C) groups is 1. The molecule has 1 fully saturated rings. The van der Waals surface area contributed by atoms with Gasteiger partial charge in [-0.05, 0) is 12.8 Å². The minimum atomic E-state index is -5.29. The quantitative estimate of drug-likeness (QED) is 0.292. The molecule has 1 amide bonds. The van der Waals surface area contributed by atoms with Crippen LogP contribution < -0.4 is 16.0 Å². The average molecular weight is 403 g/mol. The van der Waals surface area contributed by atoms with Crippen molar-refractivity contribution in [2.24, 2.45) is 4.99 Å². The van der Waals surface area contributed by atoms with E-state index in [1.165, 1.54) is 14.2 Å². The van der Waals surface area contributed by atoms with Crippen LogP contribution in [0.2, 0.25) is 0 Å². The monoisotopic (exact) mass is 403 g/mol. The highest BCUT2D eigenvalue weighted by Gasteiger charge is 2.50. The Hall–Kier alpha value is -1.60. The molecule has 1 heterocycles. The van der Waals surface area contributed by atoms with Crippen LogP contribution in [-0.2, 0) is 19.6 Å². The smallest absolute Gasteiger partial charge is 0.383 e. The van der Waals surface area contributed by atoms with Gasteiger partial charge in [-0.25, -0.2) is 8.42 Å². The second kappa shape index (κ2) is 9.92. The van der Waals surface area contributed by atoms with Gasteiger partial charge in [-0.3, -0.25) is 9.79 Å². The number of carbonyl (C=O) groups is 1. The Kier molecular flexibility index (Phi) is 8.56. The van der Waals surface area contributed by atoms with E-state index in [2.05, 4.69) is 20.9 Å². The van der Waals surface area contributed by atoms with Crippen molar-refractivity contribution < 1.29 is 31.1 Å². The number of piperidine rings is 1. The summed E-state index contributed by atoms with van der Waals surface area (Å²) in [6.45, 7) is 0.236. The Bertz CT molecular complexity index is 589. The molecule has 0 aromatic heterocycles. The van der Waals surface area contributed by atoms with Crippen molar-refractivity contribution in [2.45, 2.75) is 24.4 Å². The highest BCUT2D eigenvalue weighted by atomic mass is 32.2. The molecule has 26 heavy (non-hydrogen) atoms. The van der Waals surface area contributed by atoms with Crippen molar-refractivity contribution in [3.63, 3.8) is 0 Å². The fourth-order valence-corrected chi connectivity index (χ4v) is 3.28. The zero-order valence-corrected chi connectivity index (χ0v) is 15.4. The fourth-order valence-electron chi connectivity index (χ4n) is 2.29. The summed E-state index contributed by atoms with van der Waals surface area (Å²) in [5, 5.41) is 8.37. The maximum absolute atomic E-state index is 12.5. The second-order valence-electron chi connectivity index (χ2n) is 5.54. The summed E-state index contributed by atoms with van der Waals surface area (Å²) >= 11 is 0. The zero-order chi connectivity index (χ0) is 19.8. The molecule has 3 N–H and O–H groups in total. The number of amides is 1. The molecule has 1 saturated heterocycles. The minimum absolute atomic E-state index is 0.0370. The molecule has 0 spiro atoms. The molecule has 152 valence electrons. The molecule has 9 nitrogen and oxygen atoms in total. The number of rotatable bonds is 7. The molecule has 0 unspecified atom stereocenters. The maximum Gasteiger partial charge on any atom is 0.511 e. The summed E-state index contributed by atoms with van der Waals surface area (Å²) in [6, 6.07) is -0.252. The number of hydrogen-bond acceptors (Lipinski definition) is 5. The second-order valence-corrected chi connectivity index (χ2v) is 7.47. The van der Waals surface area contributed by atoms with E-state index in [1.54, 1.807) is 0 Å². The van der Waals surface area contributed by atoms with Gasteiger partial charge in [0.15, 0.2) is 5.96 Å². The van der Waals surface area contributed by atoms with Crippen LogP contribution in [0.15, 0.2) is 4.99 Å². The highest BCUT2D eigenvalue weighted by molar-refractivity contribution is 7.90. The lowest BCUT2D eigenvalue weighted by Gasteiger charge is -2.32. The summed E-state index contributed by atoms with van der Waals surface area (Å²) < 4.78 is 65.6. The van der Waals surface area contributed by atoms with Gasteiger partial charge in [-0.15, -0.1) is 0 Å². The molecule has 0 bridgehead atoms. The summed E-state index contributed by atoms with van der Waals surface area (Å²) in [6.07, 6.45) is 0.381. The lowest BCUT2D eigenvalue weighted by atomic mass is 10.1. The number of nitrogens with one attached hydrogen (secondary N) is 3. The van der Waals surface area contributed by atoms with Gasteiger partial charge in [0.2, 0.25) is 5.91 Å². The summed E-state index contributed by atoms with van der Waals surface area (Å²) in [7, 11) is -2.29. The van der Waals surface area contributed by atoms with Gasteiger partial charge in [-0.2, -0.15) is 17.5 Å². The van der Waals surface area contributed by atoms with Crippen LogP contribution in [0.1, 0.15) is 12.8 Å². The van der Waals surface area contributed by atoms with Crippen LogP contribution in [0.4, 0.5) is 13.2 Å². The number of ether oxygens (including phenoxy) is 1. The average Bonchev–Trinajstić information content (AvgIpc) is 2.58. The molecule has 0 aliphatic carbocycles. The Morgan fingerprint density at radius 3 is 2.38 bits per heavy atom. The van der Waals surface area contributed by atoms with Crippen LogP contribution >= 0.6 is 0 Å². The van der Waals surface area contributed by atoms with Crippen LogP contribution in [0.5, 0.6) is 0 Å². The number of guanidine groups is 1. The van der Waals surface area contributed by atoms with Gasteiger partial charge < -0.3 is 20.7 Å². The number of hydrogen-bond donors (Lipinski definition) is 3. The third-order valence-corrected chi connectivity index (χ3v) is 5.33. The number of carbonyl (C=O) groups excluding carboxylic acids is 1. The molecular formula is C13H24F3N5O4S. The van der Waals surface area contributed by atoms with E-state index in [0.717, 1.165) is 0 Å². The Morgan fingerprint density at radius 1 is 1.27 bits per heavy atom. The molecule has 1 rings (SSSR count). The highest BCUT2D eigenvalue weighted by Crippen LogP contribution is 2.28. The SMILES string of the molecule is CN=C(NCC(=O)NCCOC)NC1CCN(S(=O)(=O)C(F)(F)F)CC1. The first kappa shape index (κ1) is 22.4. The van der Waals surface area contributed by atoms with Crippen molar-refractivity contribution >= 4 is 21.9 Å². The molecule has 0 aromatic rings. The lowest BCUT2D eigenvalue weighted by Crippen LogP contribution is -2.52. The number of sulfonamides is 1. The Morgan fingerprint density at radius 2 is 1.88 bits per heavy atom. The van der Waals surface area contributed by atoms with E-state index < -0.39 is 15.5 Å². The molecule has 13 heteroatoms. The van der Waals surface area contributed by atoms with Crippen molar-refractivity contribution in [3.05, 3.63) is 0 Å². The van der Waals surface area contributed by atoms with Crippen LogP contribution in [-0.4, -0.2) is 83.1 Å². The van der Waals surface area contributed by atoms with Gasteiger partial charge in [0.1, 0.15) is 0 Å². The minimum Gasteiger partial charge on any atom is -0.383 e. The summed E-state index contributed by atoms with van der Waals surface area (Å²) in [5.41, 5.74) is -5.29. The first-order valence-electron chi connectivity index (χ1n) is 7.91. The van der Waals surface area contributed by atoms with E-state index in [0.29, 0.717) is 23.4 Å². The lowest BCUT2D eigenvalue weighted by molar-refractivity contribution is -0.120. The standard InChI is InChI=1S/C13H24F3N5O4S/c1-17-12(19-9-11(22)18-5-8-25-2)20-10-3-6-21(7-4-10)26(23,24)13(14,15)16/h10H,3-9H2,1-2H3,(H,18,22)(H2,17,19,20). The van der Waals surface area contributed by atoms with Gasteiger partial charge in [0, 0.05) is 39.8 Å². The van der Waals surface area contributed by atoms with Crippen LogP contribution in [0, 0.1) is 0 Å². The number of alkyl halides is 3. The molecule has 0 aromatic carbocycles. The van der Waals surface area contributed by atoms with Crippen molar-refractivity contribution in [1.29, 1.82) is 0 Å². The first-order chi connectivity index (χ1) is 12.1. The third-order valence-electron chi connectivity index (χ3n) is 3.70. The Labute approximate surface area is 150 Å². The van der Waals surface area contributed by atoms with E-state index in [9.17, 15) is 26.4 Å². The van der Waals surface area contributed by atoms with Crippen molar-refractivity contribution in [1.82, 2.24) is 20.3 Å². The molecule has 0 radical (unpaired) electrons. The topological polar surface area (TPSA) is 112 Å². The fraction of sp³-hybridized carbons (Fsp3) is 0.846. The predicted molar refractivity (Wildman–Crippen MR) is 89.0 cm³/mol. The maximum atomic E-state index is 12.5. The van der Waals surface area contributed by atoms with Gasteiger partial charge >= 0.3 is 15.5 Å². The van der Waals surface area contributed by atoms with E-state index in [4.69, 9.17) is 4.74 Å². The summed E-state index contributed by atoms with van der Waals surface area (Å²) in [4.78, 5) is 15.5. The largest absolute Gasteiger partial charge is 0.511 e. The first-order valence-corrected chi connectivity index (χ1v) is 9.35. The summed E-state index contributed by atoms with van der Waals surface area (Å²) in [5.74, 6) is 0.0418. The molecule has 0 atom stereocenters. The Balaban J connectivity index is 2.42. The molecule has 0 saturated carbocycles. The van der Waals surface area contributed by atoms with E-state index in [1.807, 2.05) is 0 Å². The number of halogens is 3. The number of nitrogens with zero attached hydrogens (tertiary/aromatic N) is 2. The molecular weight excluding hydrogens is 379 g/mol. The van der Waals surface area contributed by atoms with E-state index in [-0.39, 0.29) is 44.4 Å². The van der Waals surface area contributed by atoms with Gasteiger partial charge in [0.05, 0.1) is 13.2 Å². The van der Waals surface area contributed by atoms with Crippen molar-refractivity contribution in [3.8, 4) is 0 Å². The van der Waals surface area contributed by atoms with Crippen molar-refractivity contribution in [2.75, 3.05) is 46.9 Å². The number of methoxy groups -OCH3 is 1. The third kappa shape index (κ3) is 6.61. The molecule has 1 aliphatic rings. The van der Waals surface area contributed by atoms with E-state index >= 15 is 0 Å². The van der Waals surface area contributed by atoms with Crippen LogP contribution in [0.3, 0.4) is 0 Å². The van der Waals surface area contributed by atoms with Gasteiger partial charge in [-0.1, -0.05) is 0 Å². The van der Waals surface area contributed by atoms with Gasteiger partial charge in [0.25, 0.3) is 0 Å².